The van der Waals surface area contributed by atoms with Crippen molar-refractivity contribution in [2.75, 3.05) is 32.1 Å². The topological polar surface area (TPSA) is 121 Å². The minimum atomic E-state index is -4.03. The minimum Gasteiger partial charge on any atom is -0.497 e. The molecule has 37 heavy (non-hydrogen) atoms. The molecule has 10 nitrogen and oxygen atoms in total. The third-order valence-electron chi connectivity index (χ3n) is 6.08. The van der Waals surface area contributed by atoms with E-state index in [1.807, 2.05) is 19.1 Å². The second-order valence-corrected chi connectivity index (χ2v) is 10.5. The molecule has 11 heteroatoms. The second kappa shape index (κ2) is 11.4. The van der Waals surface area contributed by atoms with Crippen LogP contribution in [0.3, 0.4) is 0 Å². The highest BCUT2D eigenvalue weighted by Gasteiger charge is 2.41. The van der Waals surface area contributed by atoms with E-state index < -0.39 is 28.0 Å². The zero-order valence-corrected chi connectivity index (χ0v) is 21.4. The molecule has 0 saturated carbocycles. The number of methoxy groups -OCH3 is 1. The molecular weight excluding hydrogens is 494 g/mol. The molecule has 0 spiro atoms. The van der Waals surface area contributed by atoms with Gasteiger partial charge in [0, 0.05) is 44.3 Å². The van der Waals surface area contributed by atoms with Crippen molar-refractivity contribution in [3.63, 3.8) is 0 Å². The average molecular weight is 524 g/mol. The van der Waals surface area contributed by atoms with Crippen LogP contribution in [0.4, 0.5) is 10.5 Å². The lowest BCUT2D eigenvalue weighted by Gasteiger charge is -2.39. The molecular formula is C26H29N5O5S. The van der Waals surface area contributed by atoms with Gasteiger partial charge in [-0.1, -0.05) is 23.8 Å². The Kier molecular flexibility index (Phi) is 8.04. The van der Waals surface area contributed by atoms with Crippen LogP contribution in [0.15, 0.2) is 78.0 Å². The lowest BCUT2D eigenvalue weighted by molar-refractivity contribution is -0.126. The summed E-state index contributed by atoms with van der Waals surface area (Å²) in [4.78, 5) is 31.8. The van der Waals surface area contributed by atoms with Crippen molar-refractivity contribution in [1.29, 1.82) is 0 Å². The monoisotopic (exact) mass is 523 g/mol. The fraction of sp³-hybridized carbons (Fsp3) is 0.269. The van der Waals surface area contributed by atoms with Crippen LogP contribution in [-0.4, -0.2) is 67.3 Å². The van der Waals surface area contributed by atoms with Gasteiger partial charge in [-0.2, -0.15) is 4.31 Å². The summed E-state index contributed by atoms with van der Waals surface area (Å²) in [6, 6.07) is 15.3. The van der Waals surface area contributed by atoms with Gasteiger partial charge < -0.3 is 20.3 Å². The molecule has 2 N–H and O–H groups in total. The van der Waals surface area contributed by atoms with E-state index in [1.54, 1.807) is 48.8 Å². The van der Waals surface area contributed by atoms with E-state index in [0.29, 0.717) is 11.4 Å². The number of pyridine rings is 1. The summed E-state index contributed by atoms with van der Waals surface area (Å²) in [5.41, 5.74) is 2.44. The number of urea groups is 1. The molecule has 1 saturated heterocycles. The smallest absolute Gasteiger partial charge is 0.321 e. The Bertz CT molecular complexity index is 1330. The number of ether oxygens (including phenoxy) is 1. The predicted octanol–water partition coefficient (Wildman–Crippen LogP) is 2.62. The lowest BCUT2D eigenvalue weighted by atomic mass is 10.2. The van der Waals surface area contributed by atoms with Crippen LogP contribution in [0.25, 0.3) is 0 Å². The fourth-order valence-electron chi connectivity index (χ4n) is 3.98. The van der Waals surface area contributed by atoms with Gasteiger partial charge in [-0.25, -0.2) is 13.2 Å². The molecule has 2 heterocycles. The Hall–Kier alpha value is -3.96. The van der Waals surface area contributed by atoms with Crippen molar-refractivity contribution in [1.82, 2.24) is 19.5 Å². The summed E-state index contributed by atoms with van der Waals surface area (Å²) < 4.78 is 33.4. The van der Waals surface area contributed by atoms with E-state index in [2.05, 4.69) is 15.6 Å². The van der Waals surface area contributed by atoms with Crippen molar-refractivity contribution in [2.45, 2.75) is 24.4 Å². The van der Waals surface area contributed by atoms with E-state index in [4.69, 9.17) is 4.74 Å². The predicted molar refractivity (Wildman–Crippen MR) is 139 cm³/mol. The number of anilines is 1. The number of piperazine rings is 1. The van der Waals surface area contributed by atoms with Gasteiger partial charge in [-0.15, -0.1) is 0 Å². The molecule has 3 aromatic rings. The number of aromatic nitrogens is 1. The number of nitrogens with one attached hydrogen (secondary N) is 2. The number of rotatable bonds is 7. The van der Waals surface area contributed by atoms with E-state index in [0.717, 1.165) is 15.4 Å². The Morgan fingerprint density at radius 3 is 2.43 bits per heavy atom. The summed E-state index contributed by atoms with van der Waals surface area (Å²) >= 11 is 0. The van der Waals surface area contributed by atoms with Gasteiger partial charge in [0.15, 0.2) is 0 Å². The van der Waals surface area contributed by atoms with Gasteiger partial charge in [-0.05, 0) is 55.0 Å². The van der Waals surface area contributed by atoms with Crippen LogP contribution in [0.1, 0.15) is 11.1 Å². The Balaban J connectivity index is 1.55. The molecule has 194 valence electrons. The Labute approximate surface area is 216 Å². The lowest BCUT2D eigenvalue weighted by Crippen LogP contribution is -2.61. The maximum atomic E-state index is 13.6. The first kappa shape index (κ1) is 26.1. The molecule has 4 rings (SSSR count). The molecule has 1 aromatic heterocycles. The van der Waals surface area contributed by atoms with Crippen LogP contribution in [0.2, 0.25) is 0 Å². The standard InChI is InChI=1S/C26H29N5O5S/c1-19-5-7-21(8-6-19)29-26(33)30-14-15-31(37(34,35)23-11-9-22(36-2)10-12-23)24(18-30)25(32)28-17-20-4-3-13-27-16-20/h3-13,16,24H,14-15,17-18H2,1-2H3,(H,28,32)(H,29,33). The molecule has 1 atom stereocenters. The number of aryl methyl sites for hydroxylation is 1. The summed E-state index contributed by atoms with van der Waals surface area (Å²) in [5.74, 6) is 0.0103. The number of hydrogen-bond donors (Lipinski definition) is 2. The molecule has 1 aliphatic heterocycles. The zero-order valence-electron chi connectivity index (χ0n) is 20.6. The second-order valence-electron chi connectivity index (χ2n) is 8.63. The molecule has 1 unspecified atom stereocenters. The zero-order chi connectivity index (χ0) is 26.4. The maximum Gasteiger partial charge on any atom is 0.321 e. The number of hydrogen-bond acceptors (Lipinski definition) is 6. The van der Waals surface area contributed by atoms with Gasteiger partial charge in [0.05, 0.1) is 12.0 Å². The average Bonchev–Trinajstić information content (AvgIpc) is 2.93. The minimum absolute atomic E-state index is 0.0379. The first-order valence-corrected chi connectivity index (χ1v) is 13.2. The number of carbonyl (C=O) groups is 2. The van der Waals surface area contributed by atoms with Crippen molar-refractivity contribution in [2.24, 2.45) is 0 Å². The van der Waals surface area contributed by atoms with Crippen molar-refractivity contribution in [3.8, 4) is 5.75 Å². The fourth-order valence-corrected chi connectivity index (χ4v) is 5.55. The third-order valence-corrected chi connectivity index (χ3v) is 8.00. The summed E-state index contributed by atoms with van der Waals surface area (Å²) in [6.45, 7) is 2.10. The van der Waals surface area contributed by atoms with Gasteiger partial charge >= 0.3 is 6.03 Å². The van der Waals surface area contributed by atoms with Crippen LogP contribution in [0.5, 0.6) is 5.75 Å². The Morgan fingerprint density at radius 2 is 1.78 bits per heavy atom. The molecule has 1 fully saturated rings. The van der Waals surface area contributed by atoms with E-state index in [1.165, 1.54) is 24.1 Å². The van der Waals surface area contributed by atoms with Gasteiger partial charge in [0.2, 0.25) is 15.9 Å². The highest BCUT2D eigenvalue weighted by molar-refractivity contribution is 7.89. The third kappa shape index (κ3) is 6.25. The number of nitrogens with zero attached hydrogens (tertiary/aromatic N) is 3. The number of amides is 3. The van der Waals surface area contributed by atoms with E-state index >= 15 is 0 Å². The molecule has 0 bridgehead atoms. The molecule has 1 aliphatic rings. The summed E-state index contributed by atoms with van der Waals surface area (Å²) in [5, 5.41) is 5.61. The van der Waals surface area contributed by atoms with Gasteiger partial charge in [0.1, 0.15) is 11.8 Å². The van der Waals surface area contributed by atoms with Crippen molar-refractivity contribution < 1.29 is 22.7 Å². The quantitative estimate of drug-likeness (QED) is 0.491. The van der Waals surface area contributed by atoms with Gasteiger partial charge in [0.25, 0.3) is 0 Å². The normalized spacial score (nSPS) is 16.2. The summed E-state index contributed by atoms with van der Waals surface area (Å²) in [6.07, 6.45) is 3.24. The first-order valence-electron chi connectivity index (χ1n) is 11.7. The number of benzene rings is 2. The molecule has 0 radical (unpaired) electrons. The number of sulfonamides is 1. The SMILES string of the molecule is COc1ccc(S(=O)(=O)N2CCN(C(=O)Nc3ccc(C)cc3)CC2C(=O)NCc2cccnc2)cc1. The molecule has 3 amide bonds. The first-order chi connectivity index (χ1) is 17.8. The van der Waals surface area contributed by atoms with Crippen LogP contribution in [-0.2, 0) is 21.4 Å². The van der Waals surface area contributed by atoms with E-state index in [-0.39, 0.29) is 31.1 Å². The Morgan fingerprint density at radius 1 is 1.05 bits per heavy atom. The molecule has 2 aromatic carbocycles. The maximum absolute atomic E-state index is 13.6. The van der Waals surface area contributed by atoms with Crippen molar-refractivity contribution in [3.05, 3.63) is 84.2 Å². The van der Waals surface area contributed by atoms with Crippen LogP contribution < -0.4 is 15.4 Å². The van der Waals surface area contributed by atoms with Crippen LogP contribution >= 0.6 is 0 Å². The van der Waals surface area contributed by atoms with E-state index in [9.17, 15) is 18.0 Å². The number of carbonyl (C=O) groups excluding carboxylic acids is 2. The van der Waals surface area contributed by atoms with Crippen molar-refractivity contribution >= 4 is 27.6 Å². The summed E-state index contributed by atoms with van der Waals surface area (Å²) in [7, 11) is -2.54. The highest BCUT2D eigenvalue weighted by Crippen LogP contribution is 2.24. The van der Waals surface area contributed by atoms with Gasteiger partial charge in [-0.3, -0.25) is 9.78 Å². The van der Waals surface area contributed by atoms with Crippen LogP contribution in [0, 0.1) is 6.92 Å². The molecule has 0 aliphatic carbocycles. The largest absolute Gasteiger partial charge is 0.497 e. The highest BCUT2D eigenvalue weighted by atomic mass is 32.2.